The van der Waals surface area contributed by atoms with Gasteiger partial charge in [-0.15, -0.1) is 0 Å². The Hall–Kier alpha value is -1.95. The summed E-state index contributed by atoms with van der Waals surface area (Å²) in [6, 6.07) is 1.21. The second-order valence-electron chi connectivity index (χ2n) is 3.45. The van der Waals surface area contributed by atoms with Crippen molar-refractivity contribution >= 4 is 5.82 Å². The van der Waals surface area contributed by atoms with Gasteiger partial charge in [-0.25, -0.2) is 4.39 Å². The van der Waals surface area contributed by atoms with Gasteiger partial charge in [0.2, 0.25) is 0 Å². The number of aliphatic hydroxyl groups is 1. The van der Waals surface area contributed by atoms with Crippen LogP contribution in [0.4, 0.5) is 10.2 Å². The molecule has 2 aromatic heterocycles. The van der Waals surface area contributed by atoms with E-state index in [4.69, 9.17) is 5.73 Å². The largest absolute Gasteiger partial charge is 0.384 e. The number of nitrogen functional groups attached to an aromatic ring is 1. The van der Waals surface area contributed by atoms with Gasteiger partial charge in [-0.05, 0) is 6.07 Å². The van der Waals surface area contributed by atoms with Gasteiger partial charge in [0.25, 0.3) is 0 Å². The third kappa shape index (κ3) is 1.74. The number of aliphatic hydroxyl groups excluding tert-OH is 1. The molecule has 0 aliphatic heterocycles. The summed E-state index contributed by atoms with van der Waals surface area (Å²) < 4.78 is 14.4. The molecule has 0 saturated heterocycles. The Kier molecular flexibility index (Phi) is 2.57. The van der Waals surface area contributed by atoms with Gasteiger partial charge in [0.1, 0.15) is 17.7 Å². The smallest absolute Gasteiger partial charge is 0.141 e. The van der Waals surface area contributed by atoms with Crippen LogP contribution in [0.25, 0.3) is 0 Å². The number of pyridine rings is 1. The van der Waals surface area contributed by atoms with E-state index < -0.39 is 11.9 Å². The van der Waals surface area contributed by atoms with Crippen molar-refractivity contribution in [3.05, 3.63) is 41.6 Å². The molecule has 0 aliphatic carbocycles. The predicted octanol–water partition coefficient (Wildman–Crippen LogP) is 0.618. The summed E-state index contributed by atoms with van der Waals surface area (Å²) in [5.41, 5.74) is 6.49. The molecule has 2 rings (SSSR count). The number of hydrogen-bond acceptors (Lipinski definition) is 4. The molecule has 0 radical (unpaired) electrons. The molecule has 0 saturated carbocycles. The Morgan fingerprint density at radius 1 is 1.44 bits per heavy atom. The fraction of sp³-hybridized carbons (Fsp3) is 0.200. The average Bonchev–Trinajstić information content (AvgIpc) is 2.59. The second kappa shape index (κ2) is 3.90. The zero-order valence-corrected chi connectivity index (χ0v) is 8.63. The molecule has 0 amide bonds. The number of halogens is 1. The third-order valence-corrected chi connectivity index (χ3v) is 2.35. The number of aromatic nitrogens is 3. The first-order valence-corrected chi connectivity index (χ1v) is 4.65. The molecule has 0 bridgehead atoms. The maximum atomic E-state index is 12.9. The van der Waals surface area contributed by atoms with Gasteiger partial charge < -0.3 is 10.8 Å². The lowest BCUT2D eigenvalue weighted by atomic mass is 10.1. The summed E-state index contributed by atoms with van der Waals surface area (Å²) in [5, 5.41) is 13.9. The molecular weight excluding hydrogens is 211 g/mol. The van der Waals surface area contributed by atoms with E-state index in [0.717, 1.165) is 6.20 Å². The van der Waals surface area contributed by atoms with E-state index in [9.17, 15) is 9.50 Å². The molecule has 2 aromatic rings. The minimum absolute atomic E-state index is 0.344. The average molecular weight is 222 g/mol. The molecule has 0 spiro atoms. The Morgan fingerprint density at radius 2 is 2.19 bits per heavy atom. The fourth-order valence-electron chi connectivity index (χ4n) is 1.43. The van der Waals surface area contributed by atoms with Gasteiger partial charge in [0, 0.05) is 24.4 Å². The van der Waals surface area contributed by atoms with Gasteiger partial charge in [-0.3, -0.25) is 9.67 Å². The SMILES string of the molecule is Cn1ncc(C(O)c2cncc(F)c2)c1N. The lowest BCUT2D eigenvalue weighted by Crippen LogP contribution is -2.05. The highest BCUT2D eigenvalue weighted by atomic mass is 19.1. The van der Waals surface area contributed by atoms with Gasteiger partial charge in [-0.2, -0.15) is 5.10 Å². The number of hydrogen-bond donors (Lipinski definition) is 2. The maximum Gasteiger partial charge on any atom is 0.141 e. The molecular formula is C10H11FN4O. The van der Waals surface area contributed by atoms with E-state index in [0.29, 0.717) is 16.9 Å². The molecule has 1 atom stereocenters. The Labute approximate surface area is 91.3 Å². The van der Waals surface area contributed by atoms with Crippen LogP contribution in [0.1, 0.15) is 17.2 Å². The molecule has 6 heteroatoms. The van der Waals surface area contributed by atoms with Crippen molar-refractivity contribution in [3.8, 4) is 0 Å². The van der Waals surface area contributed by atoms with Crippen molar-refractivity contribution in [2.75, 3.05) is 5.73 Å². The Bertz CT molecular complexity index is 511. The lowest BCUT2D eigenvalue weighted by Gasteiger charge is -2.09. The Morgan fingerprint density at radius 3 is 2.75 bits per heavy atom. The van der Waals surface area contributed by atoms with Crippen LogP contribution in [0.2, 0.25) is 0 Å². The topological polar surface area (TPSA) is 77.0 Å². The van der Waals surface area contributed by atoms with Gasteiger partial charge in [0.15, 0.2) is 0 Å². The summed E-state index contributed by atoms with van der Waals surface area (Å²) in [5.74, 6) is -0.157. The van der Waals surface area contributed by atoms with Crippen LogP contribution in [-0.2, 0) is 7.05 Å². The number of aryl methyl sites for hydroxylation is 1. The van der Waals surface area contributed by atoms with E-state index in [1.165, 1.54) is 23.1 Å². The summed E-state index contributed by atoms with van der Waals surface area (Å²) in [7, 11) is 1.66. The van der Waals surface area contributed by atoms with Crippen LogP contribution in [-0.4, -0.2) is 19.9 Å². The molecule has 2 heterocycles. The normalized spacial score (nSPS) is 12.7. The number of rotatable bonds is 2. The highest BCUT2D eigenvalue weighted by Crippen LogP contribution is 2.25. The van der Waals surface area contributed by atoms with E-state index >= 15 is 0 Å². The zero-order chi connectivity index (χ0) is 11.7. The first kappa shape index (κ1) is 10.6. The first-order valence-electron chi connectivity index (χ1n) is 4.65. The lowest BCUT2D eigenvalue weighted by molar-refractivity contribution is 0.220. The first-order chi connectivity index (χ1) is 7.59. The molecule has 0 aromatic carbocycles. The zero-order valence-electron chi connectivity index (χ0n) is 8.63. The van der Waals surface area contributed by atoms with Crippen molar-refractivity contribution in [2.45, 2.75) is 6.10 Å². The Balaban J connectivity index is 2.39. The number of nitrogens with zero attached hydrogens (tertiary/aromatic N) is 3. The van der Waals surface area contributed by atoms with Gasteiger partial charge in [-0.1, -0.05) is 0 Å². The molecule has 16 heavy (non-hydrogen) atoms. The quantitative estimate of drug-likeness (QED) is 0.780. The standard InChI is InChI=1S/C10H11FN4O/c1-15-10(12)8(5-14-15)9(16)6-2-7(11)4-13-3-6/h2-5,9,16H,12H2,1H3. The fourth-order valence-corrected chi connectivity index (χ4v) is 1.43. The molecule has 3 N–H and O–H groups in total. The third-order valence-electron chi connectivity index (χ3n) is 2.35. The van der Waals surface area contributed by atoms with E-state index in [2.05, 4.69) is 10.1 Å². The molecule has 84 valence electrons. The molecule has 5 nitrogen and oxygen atoms in total. The monoisotopic (exact) mass is 222 g/mol. The van der Waals surface area contributed by atoms with Crippen LogP contribution >= 0.6 is 0 Å². The van der Waals surface area contributed by atoms with Crippen LogP contribution < -0.4 is 5.73 Å². The van der Waals surface area contributed by atoms with Crippen LogP contribution in [0.3, 0.4) is 0 Å². The summed E-state index contributed by atoms with van der Waals surface area (Å²) in [4.78, 5) is 3.66. The summed E-state index contributed by atoms with van der Waals surface area (Å²) in [6.07, 6.45) is 2.89. The minimum atomic E-state index is -1.02. The van der Waals surface area contributed by atoms with Crippen LogP contribution in [0.5, 0.6) is 0 Å². The van der Waals surface area contributed by atoms with Crippen molar-refractivity contribution in [3.63, 3.8) is 0 Å². The second-order valence-corrected chi connectivity index (χ2v) is 3.45. The van der Waals surface area contributed by atoms with E-state index in [1.807, 2.05) is 0 Å². The summed E-state index contributed by atoms with van der Waals surface area (Å²) >= 11 is 0. The predicted molar refractivity (Wildman–Crippen MR) is 55.9 cm³/mol. The van der Waals surface area contributed by atoms with Crippen molar-refractivity contribution in [1.29, 1.82) is 0 Å². The number of anilines is 1. The molecule has 0 aliphatic rings. The molecule has 0 fully saturated rings. The summed E-state index contributed by atoms with van der Waals surface area (Å²) in [6.45, 7) is 0. The highest BCUT2D eigenvalue weighted by molar-refractivity contribution is 5.43. The molecule has 1 unspecified atom stereocenters. The van der Waals surface area contributed by atoms with E-state index in [-0.39, 0.29) is 0 Å². The minimum Gasteiger partial charge on any atom is -0.384 e. The van der Waals surface area contributed by atoms with Gasteiger partial charge in [0.05, 0.1) is 12.4 Å². The van der Waals surface area contributed by atoms with Crippen molar-refractivity contribution in [1.82, 2.24) is 14.8 Å². The van der Waals surface area contributed by atoms with Crippen molar-refractivity contribution < 1.29 is 9.50 Å². The van der Waals surface area contributed by atoms with Crippen LogP contribution in [0.15, 0.2) is 24.7 Å². The van der Waals surface area contributed by atoms with Crippen molar-refractivity contribution in [2.24, 2.45) is 7.05 Å². The maximum absolute atomic E-state index is 12.9. The van der Waals surface area contributed by atoms with E-state index in [1.54, 1.807) is 7.05 Å². The van der Waals surface area contributed by atoms with Crippen LogP contribution in [0, 0.1) is 5.82 Å². The number of nitrogens with two attached hydrogens (primary N) is 1. The highest BCUT2D eigenvalue weighted by Gasteiger charge is 2.17. The van der Waals surface area contributed by atoms with Gasteiger partial charge >= 0.3 is 0 Å².